The van der Waals surface area contributed by atoms with Crippen molar-refractivity contribution in [2.45, 2.75) is 32.8 Å². The molecule has 0 amide bonds. The molecule has 0 saturated carbocycles. The highest BCUT2D eigenvalue weighted by Crippen LogP contribution is 2.35. The normalized spacial score (nSPS) is 18.8. The summed E-state index contributed by atoms with van der Waals surface area (Å²) < 4.78 is 12.3. The van der Waals surface area contributed by atoms with Crippen molar-refractivity contribution in [3.05, 3.63) is 54.2 Å². The molecule has 1 aliphatic heterocycles. The molecule has 4 nitrogen and oxygen atoms in total. The SMILES string of the molecule is CC(C)COc1ncccc1O[C@H](c1ccccc1)[C@H]1CCCNC1. The van der Waals surface area contributed by atoms with Crippen molar-refractivity contribution in [1.82, 2.24) is 10.3 Å². The second-order valence-electron chi connectivity index (χ2n) is 7.07. The van der Waals surface area contributed by atoms with Crippen molar-refractivity contribution >= 4 is 0 Å². The first kappa shape index (κ1) is 17.7. The van der Waals surface area contributed by atoms with Gasteiger partial charge in [-0.2, -0.15) is 0 Å². The van der Waals surface area contributed by atoms with Crippen LogP contribution in [0.2, 0.25) is 0 Å². The van der Waals surface area contributed by atoms with Crippen molar-refractivity contribution < 1.29 is 9.47 Å². The summed E-state index contributed by atoms with van der Waals surface area (Å²) in [5.41, 5.74) is 1.20. The predicted molar refractivity (Wildman–Crippen MR) is 100.0 cm³/mol. The van der Waals surface area contributed by atoms with Crippen molar-refractivity contribution in [2.75, 3.05) is 19.7 Å². The van der Waals surface area contributed by atoms with Crippen LogP contribution in [0.1, 0.15) is 38.4 Å². The van der Waals surface area contributed by atoms with E-state index in [2.05, 4.69) is 48.4 Å². The van der Waals surface area contributed by atoms with E-state index in [1.807, 2.05) is 18.2 Å². The molecule has 2 heterocycles. The maximum absolute atomic E-state index is 6.48. The molecule has 1 N–H and O–H groups in total. The van der Waals surface area contributed by atoms with Gasteiger partial charge in [-0.1, -0.05) is 44.2 Å². The van der Waals surface area contributed by atoms with E-state index in [1.54, 1.807) is 6.20 Å². The fraction of sp³-hybridized carbons (Fsp3) is 0.476. The summed E-state index contributed by atoms with van der Waals surface area (Å²) in [5.74, 6) is 2.19. The van der Waals surface area contributed by atoms with Gasteiger partial charge in [0.25, 0.3) is 5.88 Å². The molecule has 0 unspecified atom stereocenters. The highest BCUT2D eigenvalue weighted by atomic mass is 16.5. The Labute approximate surface area is 150 Å². The van der Waals surface area contributed by atoms with Crippen LogP contribution in [-0.2, 0) is 0 Å². The Bertz CT molecular complexity index is 639. The van der Waals surface area contributed by atoms with Crippen LogP contribution in [0.25, 0.3) is 0 Å². The number of ether oxygens (including phenoxy) is 2. The van der Waals surface area contributed by atoms with E-state index in [0.29, 0.717) is 24.3 Å². The van der Waals surface area contributed by atoms with Gasteiger partial charge in [0.15, 0.2) is 5.75 Å². The van der Waals surface area contributed by atoms with Gasteiger partial charge >= 0.3 is 0 Å². The fourth-order valence-corrected chi connectivity index (χ4v) is 3.17. The van der Waals surface area contributed by atoms with Crippen LogP contribution in [0.3, 0.4) is 0 Å². The first-order valence-electron chi connectivity index (χ1n) is 9.24. The average Bonchev–Trinajstić information content (AvgIpc) is 2.66. The Morgan fingerprint density at radius 2 is 2.00 bits per heavy atom. The molecule has 25 heavy (non-hydrogen) atoms. The summed E-state index contributed by atoms with van der Waals surface area (Å²) in [7, 11) is 0. The second-order valence-corrected chi connectivity index (χ2v) is 7.07. The average molecular weight is 340 g/mol. The molecule has 4 heteroatoms. The van der Waals surface area contributed by atoms with Gasteiger partial charge in [-0.25, -0.2) is 4.98 Å². The third kappa shape index (κ3) is 4.95. The molecular formula is C21H28N2O2. The molecule has 2 aromatic rings. The monoisotopic (exact) mass is 340 g/mol. The van der Waals surface area contributed by atoms with Gasteiger partial charge in [-0.3, -0.25) is 0 Å². The summed E-state index contributed by atoms with van der Waals surface area (Å²) in [5, 5.41) is 3.50. The van der Waals surface area contributed by atoms with E-state index < -0.39 is 0 Å². The number of pyridine rings is 1. The Hall–Kier alpha value is -2.07. The third-order valence-corrected chi connectivity index (χ3v) is 4.43. The van der Waals surface area contributed by atoms with E-state index in [1.165, 1.54) is 12.0 Å². The third-order valence-electron chi connectivity index (χ3n) is 4.43. The highest BCUT2D eigenvalue weighted by Gasteiger charge is 2.27. The summed E-state index contributed by atoms with van der Waals surface area (Å²) in [6, 6.07) is 14.3. The van der Waals surface area contributed by atoms with E-state index in [4.69, 9.17) is 9.47 Å². The number of rotatable bonds is 7. The quantitative estimate of drug-likeness (QED) is 0.819. The standard InChI is InChI=1S/C21H28N2O2/c1-16(2)15-24-21-19(11-7-13-23-21)25-20(17-8-4-3-5-9-17)18-10-6-12-22-14-18/h3-5,7-9,11,13,16,18,20,22H,6,10,12,14-15H2,1-2H3/t18-,20+/m0/s1. The van der Waals surface area contributed by atoms with Gasteiger partial charge in [0.1, 0.15) is 6.10 Å². The molecule has 134 valence electrons. The van der Waals surface area contributed by atoms with Crippen LogP contribution >= 0.6 is 0 Å². The summed E-state index contributed by atoms with van der Waals surface area (Å²) in [4.78, 5) is 4.38. The smallest absolute Gasteiger partial charge is 0.257 e. The molecule has 2 atom stereocenters. The minimum Gasteiger partial charge on any atom is -0.480 e. The van der Waals surface area contributed by atoms with Gasteiger partial charge in [0, 0.05) is 18.7 Å². The first-order valence-corrected chi connectivity index (χ1v) is 9.24. The Kier molecular flexibility index (Phi) is 6.29. The zero-order valence-corrected chi connectivity index (χ0v) is 15.2. The molecular weight excluding hydrogens is 312 g/mol. The van der Waals surface area contributed by atoms with E-state index >= 15 is 0 Å². The Balaban J connectivity index is 1.83. The maximum Gasteiger partial charge on any atom is 0.257 e. The summed E-state index contributed by atoms with van der Waals surface area (Å²) in [6.07, 6.45) is 4.10. The fourth-order valence-electron chi connectivity index (χ4n) is 3.17. The molecule has 0 radical (unpaired) electrons. The summed E-state index contributed by atoms with van der Waals surface area (Å²) >= 11 is 0. The lowest BCUT2D eigenvalue weighted by atomic mass is 9.89. The lowest BCUT2D eigenvalue weighted by molar-refractivity contribution is 0.108. The van der Waals surface area contributed by atoms with Crippen molar-refractivity contribution in [1.29, 1.82) is 0 Å². The maximum atomic E-state index is 6.48. The minimum atomic E-state index is -0.000370. The number of nitrogens with one attached hydrogen (secondary N) is 1. The lowest BCUT2D eigenvalue weighted by Gasteiger charge is -2.31. The number of aromatic nitrogens is 1. The number of nitrogens with zero attached hydrogens (tertiary/aromatic N) is 1. The van der Waals surface area contributed by atoms with Crippen LogP contribution in [0.15, 0.2) is 48.7 Å². The van der Waals surface area contributed by atoms with Crippen molar-refractivity contribution in [2.24, 2.45) is 11.8 Å². The molecule has 1 aromatic heterocycles. The van der Waals surface area contributed by atoms with Gasteiger partial charge < -0.3 is 14.8 Å². The lowest BCUT2D eigenvalue weighted by Crippen LogP contribution is -2.35. The number of hydrogen-bond donors (Lipinski definition) is 1. The van der Waals surface area contributed by atoms with Crippen LogP contribution < -0.4 is 14.8 Å². The molecule has 1 saturated heterocycles. The summed E-state index contributed by atoms with van der Waals surface area (Å²) in [6.45, 7) is 6.96. The van der Waals surface area contributed by atoms with Crippen LogP contribution in [0.4, 0.5) is 0 Å². The van der Waals surface area contributed by atoms with Gasteiger partial charge in [0.2, 0.25) is 0 Å². The number of hydrogen-bond acceptors (Lipinski definition) is 4. The van der Waals surface area contributed by atoms with Crippen molar-refractivity contribution in [3.8, 4) is 11.6 Å². The van der Waals surface area contributed by atoms with Crippen LogP contribution in [0, 0.1) is 11.8 Å². The molecule has 3 rings (SSSR count). The zero-order chi connectivity index (χ0) is 17.5. The molecule has 1 aliphatic rings. The van der Waals surface area contributed by atoms with Gasteiger partial charge in [-0.15, -0.1) is 0 Å². The minimum absolute atomic E-state index is 0.000370. The Morgan fingerprint density at radius 3 is 2.72 bits per heavy atom. The molecule has 0 spiro atoms. The molecule has 0 aliphatic carbocycles. The van der Waals surface area contributed by atoms with Crippen LogP contribution in [-0.4, -0.2) is 24.7 Å². The predicted octanol–water partition coefficient (Wildman–Crippen LogP) is 4.24. The zero-order valence-electron chi connectivity index (χ0n) is 15.2. The van der Waals surface area contributed by atoms with E-state index in [-0.39, 0.29) is 6.10 Å². The first-order chi connectivity index (χ1) is 12.2. The van der Waals surface area contributed by atoms with E-state index in [0.717, 1.165) is 25.3 Å². The van der Waals surface area contributed by atoms with Gasteiger partial charge in [0.05, 0.1) is 6.61 Å². The molecule has 1 aromatic carbocycles. The second kappa shape index (κ2) is 8.86. The number of benzene rings is 1. The Morgan fingerprint density at radius 1 is 1.16 bits per heavy atom. The topological polar surface area (TPSA) is 43.4 Å². The van der Waals surface area contributed by atoms with E-state index in [9.17, 15) is 0 Å². The molecule has 0 bridgehead atoms. The van der Waals surface area contributed by atoms with Crippen molar-refractivity contribution in [3.63, 3.8) is 0 Å². The molecule has 1 fully saturated rings. The largest absolute Gasteiger partial charge is 0.480 e. The van der Waals surface area contributed by atoms with Crippen LogP contribution in [0.5, 0.6) is 11.6 Å². The number of piperidine rings is 1. The van der Waals surface area contributed by atoms with Gasteiger partial charge in [-0.05, 0) is 43.0 Å². The highest BCUT2D eigenvalue weighted by molar-refractivity contribution is 5.34.